The maximum atomic E-state index is 11.0. The SMILES string of the molecule is [2H]C([2H])=C([2H])S(=O)(=O)C(C)C. The van der Waals surface area contributed by atoms with Crippen molar-refractivity contribution in [1.29, 1.82) is 0 Å². The van der Waals surface area contributed by atoms with Crippen LogP contribution in [0.3, 0.4) is 0 Å². The Labute approximate surface area is 54.3 Å². The summed E-state index contributed by atoms with van der Waals surface area (Å²) < 4.78 is 42.1. The van der Waals surface area contributed by atoms with E-state index in [2.05, 4.69) is 0 Å². The molecule has 0 aliphatic rings. The van der Waals surface area contributed by atoms with Gasteiger partial charge in [0.1, 0.15) is 0 Å². The van der Waals surface area contributed by atoms with Crippen LogP contribution in [0.15, 0.2) is 11.9 Å². The maximum absolute atomic E-state index is 11.0. The van der Waals surface area contributed by atoms with E-state index in [0.29, 0.717) is 0 Å². The lowest BCUT2D eigenvalue weighted by Crippen LogP contribution is -2.08. The van der Waals surface area contributed by atoms with Crippen molar-refractivity contribution < 1.29 is 12.5 Å². The molecule has 0 radical (unpaired) electrons. The van der Waals surface area contributed by atoms with Gasteiger partial charge in [0.05, 0.1) is 9.36 Å². The van der Waals surface area contributed by atoms with E-state index >= 15 is 0 Å². The van der Waals surface area contributed by atoms with Crippen LogP contribution in [-0.4, -0.2) is 13.7 Å². The highest BCUT2D eigenvalue weighted by atomic mass is 32.2. The van der Waals surface area contributed by atoms with E-state index in [1.807, 2.05) is 0 Å². The predicted octanol–water partition coefficient (Wildman–Crippen LogP) is 0.953. The minimum absolute atomic E-state index is 0.735. The molecule has 0 N–H and O–H groups in total. The van der Waals surface area contributed by atoms with Crippen LogP contribution in [0, 0.1) is 0 Å². The van der Waals surface area contributed by atoms with Crippen molar-refractivity contribution in [2.45, 2.75) is 19.1 Å². The highest BCUT2D eigenvalue weighted by Gasteiger charge is 2.08. The Morgan fingerprint density at radius 2 is 2.38 bits per heavy atom. The Bertz CT molecular complexity index is 261. The Kier molecular flexibility index (Phi) is 1.06. The number of hydrogen-bond donors (Lipinski definition) is 0. The van der Waals surface area contributed by atoms with Gasteiger partial charge >= 0.3 is 0 Å². The van der Waals surface area contributed by atoms with Gasteiger partial charge in [-0.25, -0.2) is 8.42 Å². The zero-order valence-electron chi connectivity index (χ0n) is 7.80. The molecule has 3 heteroatoms. The van der Waals surface area contributed by atoms with Crippen LogP contribution < -0.4 is 0 Å². The molecule has 0 atom stereocenters. The summed E-state index contributed by atoms with van der Waals surface area (Å²) in [6, 6.07) is 0. The molecule has 0 aromatic rings. The molecule has 0 bridgehead atoms. The van der Waals surface area contributed by atoms with Crippen molar-refractivity contribution in [3.8, 4) is 0 Å². The van der Waals surface area contributed by atoms with Crippen LogP contribution in [0.4, 0.5) is 0 Å². The summed E-state index contributed by atoms with van der Waals surface area (Å²) in [6.07, 6.45) is 0. The van der Waals surface area contributed by atoms with E-state index in [1.165, 1.54) is 13.8 Å². The average Bonchev–Trinajstić information content (AvgIpc) is 1.85. The van der Waals surface area contributed by atoms with Gasteiger partial charge in [-0.2, -0.15) is 0 Å². The van der Waals surface area contributed by atoms with Crippen LogP contribution >= 0.6 is 0 Å². The van der Waals surface area contributed by atoms with E-state index < -0.39 is 27.0 Å². The van der Waals surface area contributed by atoms with E-state index in [1.54, 1.807) is 0 Å². The molecule has 0 amide bonds. The van der Waals surface area contributed by atoms with Crippen LogP contribution in [0.2, 0.25) is 0 Å². The molecular formula is C5H10O2S. The topological polar surface area (TPSA) is 34.1 Å². The molecule has 0 aromatic carbocycles. The first-order valence-electron chi connectivity index (χ1n) is 3.68. The summed E-state index contributed by atoms with van der Waals surface area (Å²) in [5.41, 5.74) is 0. The highest BCUT2D eigenvalue weighted by molar-refractivity contribution is 7.94. The second kappa shape index (κ2) is 2.31. The van der Waals surface area contributed by atoms with Gasteiger partial charge in [-0.3, -0.25) is 0 Å². The van der Waals surface area contributed by atoms with Gasteiger partial charge in [0.2, 0.25) is 0 Å². The first kappa shape index (κ1) is 3.67. The molecule has 0 aliphatic heterocycles. The van der Waals surface area contributed by atoms with Gasteiger partial charge in [0.25, 0.3) is 0 Å². The van der Waals surface area contributed by atoms with Crippen molar-refractivity contribution in [2.24, 2.45) is 0 Å². The van der Waals surface area contributed by atoms with Crippen molar-refractivity contribution in [1.82, 2.24) is 0 Å². The van der Waals surface area contributed by atoms with Crippen LogP contribution in [-0.2, 0) is 9.84 Å². The quantitative estimate of drug-likeness (QED) is 0.568. The number of sulfone groups is 1. The molecule has 0 unspecified atom stereocenters. The molecule has 0 aliphatic carbocycles. The Morgan fingerprint density at radius 3 is 2.50 bits per heavy atom. The largest absolute Gasteiger partial charge is 0.224 e. The maximum Gasteiger partial charge on any atom is 0.173 e. The first-order chi connectivity index (χ1) is 4.80. The summed E-state index contributed by atoms with van der Waals surface area (Å²) >= 11 is 0. The molecule has 0 fully saturated rings. The third-order valence-corrected chi connectivity index (χ3v) is 2.29. The molecule has 0 spiro atoms. The summed E-state index contributed by atoms with van der Waals surface area (Å²) in [7, 11) is -3.70. The minimum atomic E-state index is -3.70. The molecular weight excluding hydrogens is 124 g/mol. The predicted molar refractivity (Wildman–Crippen MR) is 34.3 cm³/mol. The van der Waals surface area contributed by atoms with Crippen molar-refractivity contribution in [3.63, 3.8) is 0 Å². The van der Waals surface area contributed by atoms with Crippen LogP contribution in [0.1, 0.15) is 18.0 Å². The summed E-state index contributed by atoms with van der Waals surface area (Å²) in [6.45, 7) is 1.86. The minimum Gasteiger partial charge on any atom is -0.224 e. The molecule has 0 saturated carbocycles. The molecule has 8 heavy (non-hydrogen) atoms. The van der Waals surface area contributed by atoms with E-state index in [4.69, 9.17) is 4.11 Å². The summed E-state index contributed by atoms with van der Waals surface area (Å²) in [4.78, 5) is 0. The van der Waals surface area contributed by atoms with Crippen molar-refractivity contribution in [2.75, 3.05) is 0 Å². The zero-order chi connectivity index (χ0) is 9.23. The molecule has 2 nitrogen and oxygen atoms in total. The van der Waals surface area contributed by atoms with Crippen molar-refractivity contribution in [3.05, 3.63) is 11.9 Å². The van der Waals surface area contributed by atoms with Crippen LogP contribution in [0.25, 0.3) is 0 Å². The monoisotopic (exact) mass is 137 g/mol. The molecule has 0 aromatic heterocycles. The second-order valence-electron chi connectivity index (χ2n) is 1.70. The number of rotatable bonds is 2. The molecule has 0 heterocycles. The Hall–Kier alpha value is -0.310. The molecule has 0 rings (SSSR count). The fraction of sp³-hybridized carbons (Fsp3) is 0.600. The van der Waals surface area contributed by atoms with E-state index in [-0.39, 0.29) is 0 Å². The normalized spacial score (nSPS) is 16.6. The van der Waals surface area contributed by atoms with Gasteiger partial charge in [-0.1, -0.05) is 6.53 Å². The lowest BCUT2D eigenvalue weighted by Gasteiger charge is -1.97. The third-order valence-electron chi connectivity index (χ3n) is 0.763. The highest BCUT2D eigenvalue weighted by Crippen LogP contribution is 1.99. The summed E-state index contributed by atoms with van der Waals surface area (Å²) in [5.74, 6) is 0. The lowest BCUT2D eigenvalue weighted by molar-refractivity contribution is 0.596. The zero-order valence-corrected chi connectivity index (χ0v) is 5.62. The van der Waals surface area contributed by atoms with Crippen molar-refractivity contribution >= 4 is 9.84 Å². The second-order valence-corrected chi connectivity index (χ2v) is 3.93. The standard InChI is InChI=1S/C5H10O2S/c1-4-8(6,7)5(2)3/h4-5H,1H2,2-3H3/i1D2,4D. The Morgan fingerprint density at radius 1 is 1.88 bits per heavy atom. The summed E-state index contributed by atoms with van der Waals surface area (Å²) in [5, 5.41) is -1.65. The van der Waals surface area contributed by atoms with Gasteiger partial charge in [-0.05, 0) is 13.8 Å². The van der Waals surface area contributed by atoms with Gasteiger partial charge < -0.3 is 0 Å². The van der Waals surface area contributed by atoms with Gasteiger partial charge in [0.15, 0.2) is 9.84 Å². The van der Waals surface area contributed by atoms with Gasteiger partial charge in [-0.15, -0.1) is 0 Å². The first-order valence-corrected chi connectivity index (χ1v) is 3.72. The van der Waals surface area contributed by atoms with Gasteiger partial charge in [0, 0.05) is 5.38 Å². The molecule has 48 valence electrons. The van der Waals surface area contributed by atoms with E-state index in [0.717, 1.165) is 0 Å². The number of hydrogen-bond acceptors (Lipinski definition) is 2. The third kappa shape index (κ3) is 1.66. The Balaban J connectivity index is 5.05. The smallest absolute Gasteiger partial charge is 0.173 e. The fourth-order valence-corrected chi connectivity index (χ4v) is 0.354. The molecule has 0 saturated heterocycles. The fourth-order valence-electron chi connectivity index (χ4n) is 0.118. The van der Waals surface area contributed by atoms with E-state index in [9.17, 15) is 8.42 Å². The average molecular weight is 137 g/mol. The van der Waals surface area contributed by atoms with Crippen LogP contribution in [0.5, 0.6) is 0 Å². The lowest BCUT2D eigenvalue weighted by atomic mass is 10.6.